The third kappa shape index (κ3) is 3.38. The summed E-state index contributed by atoms with van der Waals surface area (Å²) in [7, 11) is -2.51. The van der Waals surface area contributed by atoms with Crippen molar-refractivity contribution in [2.45, 2.75) is 38.6 Å². The largest absolute Gasteiger partial charge is 0.306 e. The molecule has 0 aliphatic rings. The lowest BCUT2D eigenvalue weighted by Gasteiger charge is -2.27. The maximum absolute atomic E-state index is 13.7. The fraction of sp³-hybridized carbons (Fsp3) is 0.538. The molecule has 6 nitrogen and oxygen atoms in total. The highest BCUT2D eigenvalue weighted by molar-refractivity contribution is 7.89. The lowest BCUT2D eigenvalue weighted by molar-refractivity contribution is -0.387. The Balaban J connectivity index is 3.43. The van der Waals surface area contributed by atoms with Crippen molar-refractivity contribution in [3.8, 4) is 0 Å². The molecule has 1 aromatic rings. The van der Waals surface area contributed by atoms with Crippen LogP contribution in [0.2, 0.25) is 0 Å². The fourth-order valence-corrected chi connectivity index (χ4v) is 3.41. The molecule has 118 valence electrons. The van der Waals surface area contributed by atoms with Gasteiger partial charge in [0.15, 0.2) is 0 Å². The fourth-order valence-electron chi connectivity index (χ4n) is 1.81. The van der Waals surface area contributed by atoms with Crippen molar-refractivity contribution in [2.24, 2.45) is 5.92 Å². The van der Waals surface area contributed by atoms with E-state index in [1.807, 2.05) is 13.8 Å². The zero-order chi connectivity index (χ0) is 16.5. The molecule has 0 aliphatic heterocycles. The number of benzene rings is 1. The van der Waals surface area contributed by atoms with E-state index in [9.17, 15) is 22.9 Å². The summed E-state index contributed by atoms with van der Waals surface area (Å²) in [4.78, 5) is 9.62. The first-order valence-electron chi connectivity index (χ1n) is 6.42. The summed E-state index contributed by atoms with van der Waals surface area (Å²) in [5.41, 5.74) is -0.910. The second-order valence-electron chi connectivity index (χ2n) is 5.34. The number of nitro groups is 1. The van der Waals surface area contributed by atoms with Crippen molar-refractivity contribution < 1.29 is 17.7 Å². The van der Waals surface area contributed by atoms with Gasteiger partial charge in [0, 0.05) is 19.2 Å². The van der Waals surface area contributed by atoms with Gasteiger partial charge in [-0.2, -0.15) is 8.70 Å². The molecule has 0 aromatic heterocycles. The minimum atomic E-state index is -3.92. The molecule has 1 unspecified atom stereocenters. The van der Waals surface area contributed by atoms with Gasteiger partial charge in [-0.1, -0.05) is 13.8 Å². The summed E-state index contributed by atoms with van der Waals surface area (Å²) in [5, 5.41) is 10.8. The van der Waals surface area contributed by atoms with Crippen molar-refractivity contribution in [2.75, 3.05) is 7.05 Å². The zero-order valence-corrected chi connectivity index (χ0v) is 13.4. The summed E-state index contributed by atoms with van der Waals surface area (Å²) in [6.45, 7) is 6.78. The van der Waals surface area contributed by atoms with Gasteiger partial charge in [0.05, 0.1) is 9.82 Å². The number of hydrogen-bond donors (Lipinski definition) is 0. The summed E-state index contributed by atoms with van der Waals surface area (Å²) >= 11 is 0. The van der Waals surface area contributed by atoms with Crippen LogP contribution in [0.3, 0.4) is 0 Å². The SMILES string of the molecule is Cc1cc(S(=O)(=O)N(C)C(C)C(C)C)cc([N+](=O)[O-])c1F. The molecule has 0 aliphatic carbocycles. The Bertz CT molecular complexity index is 658. The molecule has 0 bridgehead atoms. The van der Waals surface area contributed by atoms with E-state index in [2.05, 4.69) is 0 Å². The molecule has 21 heavy (non-hydrogen) atoms. The quantitative estimate of drug-likeness (QED) is 0.617. The van der Waals surface area contributed by atoms with E-state index < -0.39 is 26.5 Å². The van der Waals surface area contributed by atoms with Crippen LogP contribution in [0.4, 0.5) is 10.1 Å². The third-order valence-corrected chi connectivity index (χ3v) is 5.54. The molecular formula is C13H19FN2O4S. The van der Waals surface area contributed by atoms with Crippen LogP contribution < -0.4 is 0 Å². The summed E-state index contributed by atoms with van der Waals surface area (Å²) in [5.74, 6) is -0.945. The molecule has 1 aromatic carbocycles. The van der Waals surface area contributed by atoms with Gasteiger partial charge >= 0.3 is 5.69 Å². The van der Waals surface area contributed by atoms with Crippen LogP contribution in [-0.2, 0) is 10.0 Å². The number of nitrogens with zero attached hydrogens (tertiary/aromatic N) is 2. The van der Waals surface area contributed by atoms with Crippen LogP contribution in [0.1, 0.15) is 26.3 Å². The molecule has 0 saturated heterocycles. The Morgan fingerprint density at radius 2 is 1.81 bits per heavy atom. The summed E-state index contributed by atoms with van der Waals surface area (Å²) < 4.78 is 39.8. The number of hydrogen-bond acceptors (Lipinski definition) is 4. The Hall–Kier alpha value is -1.54. The van der Waals surface area contributed by atoms with E-state index in [0.717, 1.165) is 16.4 Å². The highest BCUT2D eigenvalue weighted by Gasteiger charge is 2.30. The van der Waals surface area contributed by atoms with E-state index in [4.69, 9.17) is 0 Å². The Kier molecular flexibility index (Phi) is 5.06. The topological polar surface area (TPSA) is 80.5 Å². The highest BCUT2D eigenvalue weighted by Crippen LogP contribution is 2.28. The molecule has 8 heteroatoms. The van der Waals surface area contributed by atoms with E-state index in [1.165, 1.54) is 14.0 Å². The van der Waals surface area contributed by atoms with Crippen LogP contribution in [0.25, 0.3) is 0 Å². The second-order valence-corrected chi connectivity index (χ2v) is 7.33. The average Bonchev–Trinajstić information content (AvgIpc) is 2.39. The Morgan fingerprint density at radius 3 is 2.24 bits per heavy atom. The monoisotopic (exact) mass is 318 g/mol. The van der Waals surface area contributed by atoms with Gasteiger partial charge in [-0.3, -0.25) is 10.1 Å². The number of sulfonamides is 1. The first kappa shape index (κ1) is 17.5. The van der Waals surface area contributed by atoms with Gasteiger partial charge in [-0.25, -0.2) is 8.42 Å². The zero-order valence-electron chi connectivity index (χ0n) is 12.6. The molecule has 0 amide bonds. The predicted octanol–water partition coefficient (Wildman–Crippen LogP) is 2.71. The summed E-state index contributed by atoms with van der Waals surface area (Å²) in [6.07, 6.45) is 0. The third-order valence-electron chi connectivity index (χ3n) is 3.62. The number of rotatable bonds is 5. The van der Waals surface area contributed by atoms with Crippen LogP contribution in [-0.4, -0.2) is 30.7 Å². The molecule has 1 atom stereocenters. The van der Waals surface area contributed by atoms with Crippen LogP contribution in [0.5, 0.6) is 0 Å². The summed E-state index contributed by atoms with van der Waals surface area (Å²) in [6, 6.07) is 1.59. The minimum Gasteiger partial charge on any atom is -0.258 e. The van der Waals surface area contributed by atoms with Gasteiger partial charge in [-0.05, 0) is 31.4 Å². The molecular weight excluding hydrogens is 299 g/mol. The van der Waals surface area contributed by atoms with Crippen molar-refractivity contribution in [1.82, 2.24) is 4.31 Å². The average molecular weight is 318 g/mol. The maximum Gasteiger partial charge on any atom is 0.306 e. The van der Waals surface area contributed by atoms with Crippen LogP contribution >= 0.6 is 0 Å². The molecule has 1 rings (SSSR count). The lowest BCUT2D eigenvalue weighted by Crippen LogP contribution is -2.38. The molecule has 0 N–H and O–H groups in total. The maximum atomic E-state index is 13.7. The van der Waals surface area contributed by atoms with Crippen LogP contribution in [0, 0.1) is 28.8 Å². The van der Waals surface area contributed by atoms with Crippen molar-refractivity contribution in [3.63, 3.8) is 0 Å². The standard InChI is InChI=1S/C13H19FN2O4S/c1-8(2)10(4)15(5)21(19,20)11-6-9(3)13(14)12(7-11)16(17)18/h6-8,10H,1-5H3. The first-order valence-corrected chi connectivity index (χ1v) is 7.86. The predicted molar refractivity (Wildman–Crippen MR) is 77.0 cm³/mol. The van der Waals surface area contributed by atoms with Gasteiger partial charge < -0.3 is 0 Å². The van der Waals surface area contributed by atoms with Crippen molar-refractivity contribution in [3.05, 3.63) is 33.6 Å². The van der Waals surface area contributed by atoms with Gasteiger partial charge in [-0.15, -0.1) is 0 Å². The lowest BCUT2D eigenvalue weighted by atomic mass is 10.1. The van der Waals surface area contributed by atoms with Crippen LogP contribution in [0.15, 0.2) is 17.0 Å². The molecule has 0 heterocycles. The molecule has 0 radical (unpaired) electrons. The van der Waals surface area contributed by atoms with E-state index in [-0.39, 0.29) is 22.4 Å². The smallest absolute Gasteiger partial charge is 0.258 e. The highest BCUT2D eigenvalue weighted by atomic mass is 32.2. The molecule has 0 saturated carbocycles. The van der Waals surface area contributed by atoms with E-state index >= 15 is 0 Å². The van der Waals surface area contributed by atoms with Crippen molar-refractivity contribution in [1.29, 1.82) is 0 Å². The number of nitro benzene ring substituents is 1. The first-order chi connectivity index (χ1) is 9.50. The minimum absolute atomic E-state index is 0.0707. The van der Waals surface area contributed by atoms with E-state index in [1.54, 1.807) is 6.92 Å². The second kappa shape index (κ2) is 6.07. The molecule has 0 spiro atoms. The molecule has 0 fully saturated rings. The number of halogens is 1. The van der Waals surface area contributed by atoms with E-state index in [0.29, 0.717) is 0 Å². The van der Waals surface area contributed by atoms with Gasteiger partial charge in [0.1, 0.15) is 0 Å². The van der Waals surface area contributed by atoms with Crippen molar-refractivity contribution >= 4 is 15.7 Å². The van der Waals surface area contributed by atoms with Gasteiger partial charge in [0.2, 0.25) is 15.8 Å². The normalized spacial score (nSPS) is 13.7. The van der Waals surface area contributed by atoms with Gasteiger partial charge in [0.25, 0.3) is 0 Å². The Morgan fingerprint density at radius 1 is 1.29 bits per heavy atom. The number of aryl methyl sites for hydroxylation is 1. The Labute approximate surface area is 123 Å².